The largest absolute Gasteiger partial charge is 0.455 e. The number of hydrogen-bond donors (Lipinski definition) is 0. The number of carbonyl (C=O) groups is 1. The molecule has 2 nitrogen and oxygen atoms in total. The van der Waals surface area contributed by atoms with Crippen molar-refractivity contribution in [1.82, 2.24) is 0 Å². The van der Waals surface area contributed by atoms with Crippen LogP contribution in [0.25, 0.3) is 0 Å². The normalized spacial score (nSPS) is 21.7. The molecule has 0 unspecified atom stereocenters. The van der Waals surface area contributed by atoms with Crippen LogP contribution < -0.4 is 0 Å². The van der Waals surface area contributed by atoms with Crippen LogP contribution >= 0.6 is 0 Å². The van der Waals surface area contributed by atoms with Gasteiger partial charge in [0.05, 0.1) is 0 Å². The van der Waals surface area contributed by atoms with E-state index in [4.69, 9.17) is 4.74 Å². The van der Waals surface area contributed by atoms with Crippen LogP contribution in [-0.4, -0.2) is 12.1 Å². The van der Waals surface area contributed by atoms with Crippen LogP contribution in [0.2, 0.25) is 0 Å². The van der Waals surface area contributed by atoms with E-state index < -0.39 is 0 Å². The number of esters is 1. The maximum atomic E-state index is 10.8. The SMILES string of the molecule is CC[C@H](C)CCCCC[C@H]1C=CC(=O)O1. The summed E-state index contributed by atoms with van der Waals surface area (Å²) >= 11 is 0. The lowest BCUT2D eigenvalue weighted by Crippen LogP contribution is -2.07. The molecule has 0 saturated carbocycles. The predicted molar refractivity (Wildman–Crippen MR) is 61.6 cm³/mol. The van der Waals surface area contributed by atoms with E-state index in [0.29, 0.717) is 0 Å². The Labute approximate surface area is 92.7 Å². The first kappa shape index (κ1) is 12.3. The van der Waals surface area contributed by atoms with Crippen LogP contribution in [0, 0.1) is 5.92 Å². The van der Waals surface area contributed by atoms with Gasteiger partial charge in [0, 0.05) is 6.08 Å². The van der Waals surface area contributed by atoms with Gasteiger partial charge in [-0.25, -0.2) is 4.79 Å². The third-order valence-corrected chi connectivity index (χ3v) is 3.10. The van der Waals surface area contributed by atoms with Crippen LogP contribution in [0.15, 0.2) is 12.2 Å². The molecule has 15 heavy (non-hydrogen) atoms. The van der Waals surface area contributed by atoms with Gasteiger partial charge in [-0.1, -0.05) is 39.5 Å². The van der Waals surface area contributed by atoms with E-state index in [1.54, 1.807) is 0 Å². The van der Waals surface area contributed by atoms with Gasteiger partial charge in [0.2, 0.25) is 0 Å². The minimum Gasteiger partial charge on any atom is -0.455 e. The van der Waals surface area contributed by atoms with Crippen molar-refractivity contribution in [3.05, 3.63) is 12.2 Å². The number of rotatable bonds is 7. The highest BCUT2D eigenvalue weighted by Crippen LogP contribution is 2.16. The number of unbranched alkanes of at least 4 members (excludes halogenated alkanes) is 2. The molecular formula is C13H22O2. The molecule has 0 aromatic carbocycles. The highest BCUT2D eigenvalue weighted by atomic mass is 16.5. The summed E-state index contributed by atoms with van der Waals surface area (Å²) in [5, 5.41) is 0. The number of cyclic esters (lactones) is 1. The quantitative estimate of drug-likeness (QED) is 0.475. The number of ether oxygens (including phenoxy) is 1. The van der Waals surface area contributed by atoms with Crippen molar-refractivity contribution in [1.29, 1.82) is 0 Å². The van der Waals surface area contributed by atoms with Crippen LogP contribution in [-0.2, 0) is 9.53 Å². The number of hydrogen-bond acceptors (Lipinski definition) is 2. The highest BCUT2D eigenvalue weighted by Gasteiger charge is 2.15. The molecule has 2 atom stereocenters. The molecule has 86 valence electrons. The minimum absolute atomic E-state index is 0.0566. The molecule has 1 heterocycles. The first-order chi connectivity index (χ1) is 7.22. The minimum atomic E-state index is -0.181. The summed E-state index contributed by atoms with van der Waals surface area (Å²) < 4.78 is 5.06. The Bertz CT molecular complexity index is 221. The van der Waals surface area contributed by atoms with Gasteiger partial charge in [-0.05, 0) is 24.8 Å². The van der Waals surface area contributed by atoms with Crippen molar-refractivity contribution in [2.75, 3.05) is 0 Å². The Kier molecular flexibility index (Phi) is 5.44. The van der Waals surface area contributed by atoms with Gasteiger partial charge in [0.25, 0.3) is 0 Å². The molecule has 0 aromatic rings. The third-order valence-electron chi connectivity index (χ3n) is 3.10. The average Bonchev–Trinajstić information content (AvgIpc) is 2.63. The lowest BCUT2D eigenvalue weighted by molar-refractivity contribution is -0.138. The summed E-state index contributed by atoms with van der Waals surface area (Å²) in [6, 6.07) is 0. The Balaban J connectivity index is 1.93. The second kappa shape index (κ2) is 6.65. The second-order valence-corrected chi connectivity index (χ2v) is 4.49. The Morgan fingerprint density at radius 1 is 1.40 bits per heavy atom. The van der Waals surface area contributed by atoms with E-state index in [1.807, 2.05) is 6.08 Å². The molecule has 0 fully saturated rings. The van der Waals surface area contributed by atoms with Crippen LogP contribution in [0.5, 0.6) is 0 Å². The molecule has 0 N–H and O–H groups in total. The monoisotopic (exact) mass is 210 g/mol. The Morgan fingerprint density at radius 3 is 2.80 bits per heavy atom. The van der Waals surface area contributed by atoms with Crippen molar-refractivity contribution in [2.45, 2.75) is 58.5 Å². The fourth-order valence-electron chi connectivity index (χ4n) is 1.79. The molecule has 0 aromatic heterocycles. The van der Waals surface area contributed by atoms with Crippen LogP contribution in [0.1, 0.15) is 52.4 Å². The zero-order valence-electron chi connectivity index (χ0n) is 9.87. The van der Waals surface area contributed by atoms with Crippen molar-refractivity contribution < 1.29 is 9.53 Å². The lowest BCUT2D eigenvalue weighted by Gasteiger charge is -2.09. The molecule has 0 aliphatic carbocycles. The van der Waals surface area contributed by atoms with Crippen molar-refractivity contribution in [3.63, 3.8) is 0 Å². The predicted octanol–water partition coefficient (Wildman–Crippen LogP) is 3.46. The Hall–Kier alpha value is -0.790. The summed E-state index contributed by atoms with van der Waals surface area (Å²) in [4.78, 5) is 10.8. The van der Waals surface area contributed by atoms with E-state index in [-0.39, 0.29) is 12.1 Å². The lowest BCUT2D eigenvalue weighted by atomic mass is 10.00. The summed E-state index contributed by atoms with van der Waals surface area (Å²) in [5.41, 5.74) is 0. The fraction of sp³-hybridized carbons (Fsp3) is 0.769. The van der Waals surface area contributed by atoms with Gasteiger partial charge >= 0.3 is 5.97 Å². The average molecular weight is 210 g/mol. The second-order valence-electron chi connectivity index (χ2n) is 4.49. The van der Waals surface area contributed by atoms with Crippen molar-refractivity contribution in [3.8, 4) is 0 Å². The molecule has 0 spiro atoms. The zero-order valence-corrected chi connectivity index (χ0v) is 9.87. The van der Waals surface area contributed by atoms with E-state index >= 15 is 0 Å². The van der Waals surface area contributed by atoms with Crippen molar-refractivity contribution >= 4 is 5.97 Å². The molecule has 0 saturated heterocycles. The van der Waals surface area contributed by atoms with Gasteiger partial charge in [-0.15, -0.1) is 0 Å². The van der Waals surface area contributed by atoms with E-state index in [2.05, 4.69) is 13.8 Å². The standard InChI is InChI=1S/C13H22O2/c1-3-11(2)7-5-4-6-8-12-9-10-13(14)15-12/h9-12H,3-8H2,1-2H3/t11-,12-/m0/s1. The first-order valence-corrected chi connectivity index (χ1v) is 6.11. The molecule has 1 aliphatic heterocycles. The van der Waals surface area contributed by atoms with Gasteiger partial charge in [0.1, 0.15) is 6.10 Å². The summed E-state index contributed by atoms with van der Waals surface area (Å²) in [5.74, 6) is 0.675. The molecular weight excluding hydrogens is 188 g/mol. The zero-order chi connectivity index (χ0) is 11.1. The van der Waals surface area contributed by atoms with Crippen LogP contribution in [0.4, 0.5) is 0 Å². The third kappa shape index (κ3) is 5.01. The number of carbonyl (C=O) groups excluding carboxylic acids is 1. The van der Waals surface area contributed by atoms with Crippen molar-refractivity contribution in [2.24, 2.45) is 5.92 Å². The Morgan fingerprint density at radius 2 is 2.20 bits per heavy atom. The molecule has 1 aliphatic rings. The van der Waals surface area contributed by atoms with Gasteiger partial charge in [-0.2, -0.15) is 0 Å². The summed E-state index contributed by atoms with van der Waals surface area (Å²) in [6.45, 7) is 4.55. The van der Waals surface area contributed by atoms with E-state index in [9.17, 15) is 4.79 Å². The molecule has 0 radical (unpaired) electrons. The van der Waals surface area contributed by atoms with E-state index in [0.717, 1.165) is 12.3 Å². The summed E-state index contributed by atoms with van der Waals surface area (Å²) in [6.07, 6.45) is 10.8. The van der Waals surface area contributed by atoms with Gasteiger partial charge in [0.15, 0.2) is 0 Å². The van der Waals surface area contributed by atoms with Gasteiger partial charge in [-0.3, -0.25) is 0 Å². The smallest absolute Gasteiger partial charge is 0.331 e. The molecule has 2 heteroatoms. The highest BCUT2D eigenvalue weighted by molar-refractivity contribution is 5.84. The topological polar surface area (TPSA) is 26.3 Å². The molecule has 0 amide bonds. The summed E-state index contributed by atoms with van der Waals surface area (Å²) in [7, 11) is 0. The van der Waals surface area contributed by atoms with E-state index in [1.165, 1.54) is 38.2 Å². The maximum absolute atomic E-state index is 10.8. The fourth-order valence-corrected chi connectivity index (χ4v) is 1.79. The van der Waals surface area contributed by atoms with Crippen LogP contribution in [0.3, 0.4) is 0 Å². The molecule has 1 rings (SSSR count). The molecule has 0 bridgehead atoms. The first-order valence-electron chi connectivity index (χ1n) is 6.11. The maximum Gasteiger partial charge on any atom is 0.331 e. The van der Waals surface area contributed by atoms with Gasteiger partial charge < -0.3 is 4.74 Å².